The van der Waals surface area contributed by atoms with Crippen molar-refractivity contribution in [3.05, 3.63) is 24.0 Å². The second-order valence-corrected chi connectivity index (χ2v) is 6.06. The number of fused-ring (bicyclic) bond motifs is 1. The molecule has 1 aliphatic carbocycles. The maximum atomic E-state index is 13.4. The van der Waals surface area contributed by atoms with Gasteiger partial charge in [-0.05, 0) is 36.5 Å². The number of hydrogen-bond donors (Lipinski definition) is 1. The molecule has 0 atom stereocenters. The summed E-state index contributed by atoms with van der Waals surface area (Å²) < 4.78 is 15.4. The average molecular weight is 261 g/mol. The normalized spacial score (nSPS) is 18.8. The number of benzene rings is 1. The van der Waals surface area contributed by atoms with Crippen LogP contribution in [0, 0.1) is 11.2 Å². The zero-order chi connectivity index (χ0) is 13.5. The minimum atomic E-state index is -0.234. The van der Waals surface area contributed by atoms with Crippen molar-refractivity contribution in [3.8, 4) is 0 Å². The number of nitrogens with zero attached hydrogens (tertiary/aromatic N) is 2. The van der Waals surface area contributed by atoms with Gasteiger partial charge in [0, 0.05) is 6.54 Å². The van der Waals surface area contributed by atoms with Crippen LogP contribution in [-0.4, -0.2) is 9.55 Å². The van der Waals surface area contributed by atoms with Gasteiger partial charge in [-0.1, -0.05) is 26.2 Å². The number of aromatic nitrogens is 2. The topological polar surface area (TPSA) is 43.8 Å². The van der Waals surface area contributed by atoms with Crippen LogP contribution < -0.4 is 5.73 Å². The smallest absolute Gasteiger partial charge is 0.201 e. The molecule has 1 aromatic carbocycles. The molecule has 0 radical (unpaired) electrons. The van der Waals surface area contributed by atoms with Gasteiger partial charge in [0.15, 0.2) is 0 Å². The number of rotatable bonds is 2. The fourth-order valence-corrected chi connectivity index (χ4v) is 3.23. The van der Waals surface area contributed by atoms with Crippen molar-refractivity contribution < 1.29 is 4.39 Å². The van der Waals surface area contributed by atoms with Gasteiger partial charge < -0.3 is 10.3 Å². The van der Waals surface area contributed by atoms with Gasteiger partial charge in [0.05, 0.1) is 11.0 Å². The van der Waals surface area contributed by atoms with E-state index in [1.807, 2.05) is 4.57 Å². The second kappa shape index (κ2) is 4.51. The summed E-state index contributed by atoms with van der Waals surface area (Å²) in [5.74, 6) is 0.259. The fourth-order valence-electron chi connectivity index (χ4n) is 3.23. The summed E-state index contributed by atoms with van der Waals surface area (Å²) in [6.07, 6.45) is 6.29. The molecule has 2 aromatic rings. The first-order valence-corrected chi connectivity index (χ1v) is 6.99. The average Bonchev–Trinajstić information content (AvgIpc) is 2.67. The van der Waals surface area contributed by atoms with E-state index in [1.165, 1.54) is 44.2 Å². The third-order valence-electron chi connectivity index (χ3n) is 4.34. The molecule has 1 fully saturated rings. The Morgan fingerprint density at radius 3 is 2.79 bits per heavy atom. The maximum Gasteiger partial charge on any atom is 0.201 e. The summed E-state index contributed by atoms with van der Waals surface area (Å²) >= 11 is 0. The van der Waals surface area contributed by atoms with E-state index >= 15 is 0 Å². The van der Waals surface area contributed by atoms with Crippen LogP contribution in [0.15, 0.2) is 18.2 Å². The molecule has 3 rings (SSSR count). The van der Waals surface area contributed by atoms with Gasteiger partial charge in [-0.2, -0.15) is 0 Å². The third kappa shape index (κ3) is 2.31. The fraction of sp³-hybridized carbons (Fsp3) is 0.533. The van der Waals surface area contributed by atoms with Gasteiger partial charge in [-0.25, -0.2) is 9.37 Å². The highest BCUT2D eigenvalue weighted by Gasteiger charge is 2.28. The van der Waals surface area contributed by atoms with Crippen LogP contribution in [0.25, 0.3) is 11.0 Å². The first-order valence-electron chi connectivity index (χ1n) is 6.99. The van der Waals surface area contributed by atoms with Crippen molar-refractivity contribution in [1.82, 2.24) is 9.55 Å². The first kappa shape index (κ1) is 12.5. The summed E-state index contributed by atoms with van der Waals surface area (Å²) in [4.78, 5) is 4.32. The lowest BCUT2D eigenvalue weighted by molar-refractivity contribution is 0.186. The number of anilines is 1. The Balaban J connectivity index is 1.99. The molecule has 0 saturated heterocycles. The predicted octanol–water partition coefficient (Wildman–Crippen LogP) is 3.73. The van der Waals surface area contributed by atoms with Gasteiger partial charge in [0.1, 0.15) is 5.82 Å². The van der Waals surface area contributed by atoms with Crippen LogP contribution in [-0.2, 0) is 6.54 Å². The number of nitrogen functional groups attached to an aromatic ring is 1. The second-order valence-electron chi connectivity index (χ2n) is 6.06. The largest absolute Gasteiger partial charge is 0.369 e. The Morgan fingerprint density at radius 1 is 1.32 bits per heavy atom. The number of nitrogens with two attached hydrogens (primary N) is 1. The quantitative estimate of drug-likeness (QED) is 0.895. The number of hydrogen-bond acceptors (Lipinski definition) is 2. The van der Waals surface area contributed by atoms with Crippen molar-refractivity contribution >= 4 is 17.0 Å². The van der Waals surface area contributed by atoms with E-state index in [0.29, 0.717) is 5.95 Å². The summed E-state index contributed by atoms with van der Waals surface area (Å²) in [5.41, 5.74) is 7.85. The standard InChI is InChI=1S/C15H20FN3/c1-15(7-3-2-4-8-15)10-19-13-9-11(16)5-6-12(13)18-14(19)17/h5-6,9H,2-4,7-8,10H2,1H3,(H2,17,18). The van der Waals surface area contributed by atoms with Gasteiger partial charge >= 0.3 is 0 Å². The summed E-state index contributed by atoms with van der Waals surface area (Å²) in [5, 5.41) is 0. The SMILES string of the molecule is CC1(Cn2c(N)nc3ccc(F)cc32)CCCCC1. The molecule has 4 heteroatoms. The van der Waals surface area contributed by atoms with Crippen molar-refractivity contribution in [2.24, 2.45) is 5.41 Å². The molecule has 1 saturated carbocycles. The molecular formula is C15H20FN3. The Kier molecular flexibility index (Phi) is 2.96. The zero-order valence-corrected chi connectivity index (χ0v) is 11.3. The lowest BCUT2D eigenvalue weighted by Gasteiger charge is -2.34. The monoisotopic (exact) mass is 261 g/mol. The lowest BCUT2D eigenvalue weighted by Crippen LogP contribution is -2.26. The van der Waals surface area contributed by atoms with E-state index in [9.17, 15) is 4.39 Å². The summed E-state index contributed by atoms with van der Waals surface area (Å²) in [7, 11) is 0. The zero-order valence-electron chi connectivity index (χ0n) is 11.3. The molecule has 0 bridgehead atoms. The van der Waals surface area contributed by atoms with E-state index in [-0.39, 0.29) is 11.2 Å². The van der Waals surface area contributed by atoms with Crippen LogP contribution in [0.2, 0.25) is 0 Å². The third-order valence-corrected chi connectivity index (χ3v) is 4.34. The van der Waals surface area contributed by atoms with Gasteiger partial charge in [-0.15, -0.1) is 0 Å². The minimum Gasteiger partial charge on any atom is -0.369 e. The Morgan fingerprint density at radius 2 is 2.05 bits per heavy atom. The van der Waals surface area contributed by atoms with Crippen LogP contribution in [0.4, 0.5) is 10.3 Å². The van der Waals surface area contributed by atoms with Gasteiger partial charge in [0.25, 0.3) is 0 Å². The Labute approximate surface area is 112 Å². The molecule has 2 N–H and O–H groups in total. The highest BCUT2D eigenvalue weighted by Crippen LogP contribution is 2.38. The highest BCUT2D eigenvalue weighted by atomic mass is 19.1. The molecule has 0 aliphatic heterocycles. The van der Waals surface area contributed by atoms with E-state index in [4.69, 9.17) is 5.73 Å². The highest BCUT2D eigenvalue weighted by molar-refractivity contribution is 5.78. The molecule has 0 unspecified atom stereocenters. The lowest BCUT2D eigenvalue weighted by atomic mass is 9.75. The predicted molar refractivity (Wildman–Crippen MR) is 75.3 cm³/mol. The van der Waals surface area contributed by atoms with Crippen LogP contribution >= 0.6 is 0 Å². The molecule has 0 amide bonds. The van der Waals surface area contributed by atoms with Gasteiger partial charge in [0.2, 0.25) is 5.95 Å². The van der Waals surface area contributed by atoms with E-state index < -0.39 is 0 Å². The van der Waals surface area contributed by atoms with Crippen molar-refractivity contribution in [2.75, 3.05) is 5.73 Å². The molecule has 19 heavy (non-hydrogen) atoms. The molecule has 3 nitrogen and oxygen atoms in total. The maximum absolute atomic E-state index is 13.4. The molecule has 1 aliphatic rings. The first-order chi connectivity index (χ1) is 9.07. The molecule has 0 spiro atoms. The summed E-state index contributed by atoms with van der Waals surface area (Å²) in [6.45, 7) is 3.13. The molecule has 102 valence electrons. The van der Waals surface area contributed by atoms with E-state index in [1.54, 1.807) is 6.07 Å². The van der Waals surface area contributed by atoms with Crippen LogP contribution in [0.1, 0.15) is 39.0 Å². The van der Waals surface area contributed by atoms with E-state index in [0.717, 1.165) is 17.6 Å². The number of imidazole rings is 1. The molecular weight excluding hydrogens is 241 g/mol. The van der Waals surface area contributed by atoms with Crippen LogP contribution in [0.3, 0.4) is 0 Å². The van der Waals surface area contributed by atoms with Crippen molar-refractivity contribution in [1.29, 1.82) is 0 Å². The minimum absolute atomic E-state index is 0.234. The van der Waals surface area contributed by atoms with Crippen LogP contribution in [0.5, 0.6) is 0 Å². The molecule has 1 heterocycles. The van der Waals surface area contributed by atoms with Crippen molar-refractivity contribution in [3.63, 3.8) is 0 Å². The Bertz CT molecular complexity index is 597. The summed E-state index contributed by atoms with van der Waals surface area (Å²) in [6, 6.07) is 4.66. The molecule has 1 aromatic heterocycles. The van der Waals surface area contributed by atoms with Crippen molar-refractivity contribution in [2.45, 2.75) is 45.6 Å². The number of halogens is 1. The van der Waals surface area contributed by atoms with E-state index in [2.05, 4.69) is 11.9 Å². The van der Waals surface area contributed by atoms with Gasteiger partial charge in [-0.3, -0.25) is 0 Å². The Hall–Kier alpha value is -1.58.